The summed E-state index contributed by atoms with van der Waals surface area (Å²) in [5.41, 5.74) is 4.00. The Morgan fingerprint density at radius 1 is 1.06 bits per heavy atom. The number of ether oxygens (including phenoxy) is 2. The predicted molar refractivity (Wildman–Crippen MR) is 144 cm³/mol. The molecule has 4 rings (SSSR count). The van der Waals surface area contributed by atoms with E-state index in [1.54, 1.807) is 16.4 Å². The van der Waals surface area contributed by atoms with E-state index in [9.17, 15) is 4.79 Å². The van der Waals surface area contributed by atoms with Gasteiger partial charge in [0.05, 0.1) is 18.8 Å². The Balaban J connectivity index is 1.79. The Morgan fingerprint density at radius 2 is 1.78 bits per heavy atom. The van der Waals surface area contributed by atoms with Gasteiger partial charge in [-0.3, -0.25) is 4.79 Å². The Bertz CT molecular complexity index is 1250. The molecule has 8 nitrogen and oxygen atoms in total. The number of anilines is 2. The first kappa shape index (κ1) is 25.6. The number of nitrogens with zero attached hydrogens (tertiary/aromatic N) is 3. The van der Waals surface area contributed by atoms with Gasteiger partial charge in [0, 0.05) is 17.1 Å². The second kappa shape index (κ2) is 11.5. The minimum Gasteiger partial charge on any atom is -0.490 e. The average molecular weight is 508 g/mol. The molecule has 1 aliphatic heterocycles. The second-order valence-corrected chi connectivity index (χ2v) is 9.53. The van der Waals surface area contributed by atoms with Crippen LogP contribution in [0.2, 0.25) is 0 Å². The molecule has 0 aliphatic carbocycles. The van der Waals surface area contributed by atoms with E-state index in [1.165, 1.54) is 0 Å². The lowest BCUT2D eigenvalue weighted by atomic mass is 9.94. The lowest BCUT2D eigenvalue weighted by Gasteiger charge is -2.29. The summed E-state index contributed by atoms with van der Waals surface area (Å²) in [7, 11) is 0. The van der Waals surface area contributed by atoms with Gasteiger partial charge >= 0.3 is 0 Å². The van der Waals surface area contributed by atoms with Crippen molar-refractivity contribution in [3.8, 4) is 11.5 Å². The topological polar surface area (TPSA) is 90.3 Å². The van der Waals surface area contributed by atoms with Crippen molar-refractivity contribution in [3.05, 3.63) is 64.9 Å². The number of aryl methyl sites for hydroxylation is 1. The molecule has 36 heavy (non-hydrogen) atoms. The van der Waals surface area contributed by atoms with Crippen LogP contribution in [0.1, 0.15) is 51.3 Å². The summed E-state index contributed by atoms with van der Waals surface area (Å²) < 4.78 is 13.4. The van der Waals surface area contributed by atoms with Crippen LogP contribution in [-0.2, 0) is 4.79 Å². The number of nitrogens with one attached hydrogen (secondary N) is 2. The lowest BCUT2D eigenvalue weighted by Crippen LogP contribution is -2.31. The number of thioether (sulfide) groups is 1. The molecule has 9 heteroatoms. The van der Waals surface area contributed by atoms with Gasteiger partial charge in [0.2, 0.25) is 11.1 Å². The van der Waals surface area contributed by atoms with E-state index in [2.05, 4.69) is 22.5 Å². The zero-order valence-corrected chi connectivity index (χ0v) is 22.2. The summed E-state index contributed by atoms with van der Waals surface area (Å²) in [6, 6.07) is 13.0. The van der Waals surface area contributed by atoms with Crippen molar-refractivity contribution in [3.63, 3.8) is 0 Å². The van der Waals surface area contributed by atoms with E-state index in [0.29, 0.717) is 41.4 Å². The van der Waals surface area contributed by atoms with Crippen LogP contribution >= 0.6 is 11.8 Å². The van der Waals surface area contributed by atoms with E-state index >= 15 is 0 Å². The first-order chi connectivity index (χ1) is 17.4. The van der Waals surface area contributed by atoms with Crippen LogP contribution < -0.4 is 20.1 Å². The zero-order chi connectivity index (χ0) is 25.7. The second-order valence-electron chi connectivity index (χ2n) is 8.47. The molecular formula is C27H33N5O3S. The van der Waals surface area contributed by atoms with E-state index in [0.717, 1.165) is 34.7 Å². The molecule has 190 valence electrons. The summed E-state index contributed by atoms with van der Waals surface area (Å²) in [4.78, 5) is 18.4. The van der Waals surface area contributed by atoms with Gasteiger partial charge in [-0.25, -0.2) is 4.68 Å². The van der Waals surface area contributed by atoms with Crippen molar-refractivity contribution < 1.29 is 14.3 Å². The fourth-order valence-corrected chi connectivity index (χ4v) is 4.74. The normalized spacial score (nSPS) is 14.8. The molecular weight excluding hydrogens is 474 g/mol. The van der Waals surface area contributed by atoms with Crippen LogP contribution in [0, 0.1) is 6.92 Å². The van der Waals surface area contributed by atoms with Crippen LogP contribution in [0.5, 0.6) is 11.5 Å². The predicted octanol–water partition coefficient (Wildman–Crippen LogP) is 5.81. The van der Waals surface area contributed by atoms with Gasteiger partial charge in [0.15, 0.2) is 11.5 Å². The third-order valence-electron chi connectivity index (χ3n) is 5.71. The van der Waals surface area contributed by atoms with Crippen LogP contribution in [0.25, 0.3) is 0 Å². The molecule has 0 saturated heterocycles. The maximum absolute atomic E-state index is 13.7. The third kappa shape index (κ3) is 5.51. The van der Waals surface area contributed by atoms with E-state index in [-0.39, 0.29) is 5.91 Å². The summed E-state index contributed by atoms with van der Waals surface area (Å²) >= 11 is 1.60. The van der Waals surface area contributed by atoms with Gasteiger partial charge in [-0.2, -0.15) is 4.98 Å². The van der Waals surface area contributed by atoms with Crippen LogP contribution in [-0.4, -0.2) is 39.6 Å². The van der Waals surface area contributed by atoms with Crippen molar-refractivity contribution in [2.75, 3.05) is 29.6 Å². The third-order valence-corrected chi connectivity index (χ3v) is 6.75. The molecule has 3 aromatic rings. The first-order valence-corrected chi connectivity index (χ1v) is 13.3. The number of benzene rings is 2. The molecule has 1 aromatic heterocycles. The van der Waals surface area contributed by atoms with Crippen molar-refractivity contribution in [1.82, 2.24) is 14.8 Å². The van der Waals surface area contributed by atoms with Gasteiger partial charge in [-0.15, -0.1) is 5.10 Å². The molecule has 2 aromatic carbocycles. The zero-order valence-electron chi connectivity index (χ0n) is 21.4. The fourth-order valence-electron chi connectivity index (χ4n) is 4.06. The summed E-state index contributed by atoms with van der Waals surface area (Å²) in [6.45, 7) is 10.9. The number of amides is 1. The molecule has 0 radical (unpaired) electrons. The summed E-state index contributed by atoms with van der Waals surface area (Å²) in [5.74, 6) is 2.62. The monoisotopic (exact) mass is 507 g/mol. The van der Waals surface area contributed by atoms with Gasteiger partial charge in [-0.05, 0) is 63.9 Å². The van der Waals surface area contributed by atoms with Crippen molar-refractivity contribution in [1.29, 1.82) is 0 Å². The van der Waals surface area contributed by atoms with Crippen LogP contribution in [0.15, 0.2) is 58.9 Å². The first-order valence-electron chi connectivity index (χ1n) is 12.3. The van der Waals surface area contributed by atoms with E-state index in [1.807, 2.05) is 70.2 Å². The number of carbonyl (C=O) groups excluding carboxylic acids is 1. The molecule has 2 N–H and O–H groups in total. The summed E-state index contributed by atoms with van der Waals surface area (Å²) in [6.07, 6.45) is 1.02. The van der Waals surface area contributed by atoms with Gasteiger partial charge in [-0.1, -0.05) is 42.4 Å². The summed E-state index contributed by atoms with van der Waals surface area (Å²) in [5, 5.41) is 11.8. The highest BCUT2D eigenvalue weighted by Gasteiger charge is 2.35. The maximum Gasteiger partial charge on any atom is 0.255 e. The van der Waals surface area contributed by atoms with Crippen molar-refractivity contribution in [2.24, 2.45) is 0 Å². The average Bonchev–Trinajstić information content (AvgIpc) is 3.27. The Kier molecular flexibility index (Phi) is 8.20. The Labute approximate surface area is 216 Å². The maximum atomic E-state index is 13.7. The highest BCUT2D eigenvalue weighted by Crippen LogP contribution is 2.40. The highest BCUT2D eigenvalue weighted by molar-refractivity contribution is 7.99. The van der Waals surface area contributed by atoms with Crippen LogP contribution in [0.4, 0.5) is 11.6 Å². The number of allylic oxidation sites excluding steroid dienone is 1. The van der Waals surface area contributed by atoms with Crippen LogP contribution in [0.3, 0.4) is 0 Å². The Morgan fingerprint density at radius 3 is 2.47 bits per heavy atom. The van der Waals surface area contributed by atoms with Crippen molar-refractivity contribution in [2.45, 2.75) is 52.2 Å². The number of hydrogen-bond donors (Lipinski definition) is 2. The number of hydrogen-bond acceptors (Lipinski definition) is 7. The molecule has 0 fully saturated rings. The molecule has 2 heterocycles. The smallest absolute Gasteiger partial charge is 0.255 e. The molecule has 1 unspecified atom stereocenters. The van der Waals surface area contributed by atoms with E-state index < -0.39 is 6.04 Å². The molecule has 1 atom stereocenters. The largest absolute Gasteiger partial charge is 0.490 e. The molecule has 0 saturated carbocycles. The lowest BCUT2D eigenvalue weighted by molar-refractivity contribution is -0.113. The number of aromatic nitrogens is 3. The minimum atomic E-state index is -0.495. The molecule has 1 amide bonds. The number of fused-ring (bicyclic) bond motifs is 1. The standard InChI is InChI=1S/C27H33N5O3S/c1-6-15-36-27-30-26-28-18(5)23(25(33)29-20-12-9-17(4)10-13-20)24(32(26)31-27)19-11-14-21(34-7-2)22(16-19)35-8-3/h9-14,16,24H,6-8,15H2,1-5H3,(H,29,33)(H,28,30,31). The highest BCUT2D eigenvalue weighted by atomic mass is 32.2. The quantitative estimate of drug-likeness (QED) is 0.335. The van der Waals surface area contributed by atoms with Gasteiger partial charge in [0.1, 0.15) is 6.04 Å². The van der Waals surface area contributed by atoms with Gasteiger partial charge in [0.25, 0.3) is 5.91 Å². The SMILES string of the molecule is CCCSc1nc2n(n1)C(c1ccc(OCC)c(OCC)c1)C(C(=O)Nc1ccc(C)cc1)=C(C)N2. The minimum absolute atomic E-state index is 0.204. The fraction of sp³-hybridized carbons (Fsp3) is 0.370. The molecule has 0 bridgehead atoms. The van der Waals surface area contributed by atoms with Gasteiger partial charge < -0.3 is 20.1 Å². The number of carbonyl (C=O) groups is 1. The van der Waals surface area contributed by atoms with E-state index in [4.69, 9.17) is 14.6 Å². The Hall–Kier alpha value is -3.46. The molecule has 0 spiro atoms. The van der Waals surface area contributed by atoms with Crippen molar-refractivity contribution >= 4 is 29.3 Å². The molecule has 1 aliphatic rings. The number of rotatable bonds is 10.